The van der Waals surface area contributed by atoms with E-state index in [2.05, 4.69) is 13.0 Å². The Bertz CT molecular complexity index is 184. The molecule has 0 saturated carbocycles. The van der Waals surface area contributed by atoms with Crippen LogP contribution in [0.3, 0.4) is 0 Å². The Kier molecular flexibility index (Phi) is 2.69. The minimum atomic E-state index is 0.257. The average Bonchev–Trinajstić information content (AvgIpc) is 2.31. The van der Waals surface area contributed by atoms with E-state index in [-0.39, 0.29) is 5.91 Å². The third-order valence-electron chi connectivity index (χ3n) is 2.07. The maximum absolute atomic E-state index is 11.0. The SMILES string of the molecule is CCC/C=C1\CCC(=O)N1C. The number of nitrogens with zero attached hydrogens (tertiary/aromatic N) is 1. The van der Waals surface area contributed by atoms with Gasteiger partial charge in [-0.3, -0.25) is 4.79 Å². The molecule has 0 aliphatic carbocycles. The average molecular weight is 153 g/mol. The molecule has 0 aromatic carbocycles. The molecule has 0 bridgehead atoms. The van der Waals surface area contributed by atoms with Crippen molar-refractivity contribution in [3.8, 4) is 0 Å². The molecule has 0 N–H and O–H groups in total. The lowest BCUT2D eigenvalue weighted by Gasteiger charge is -2.09. The highest BCUT2D eigenvalue weighted by atomic mass is 16.2. The maximum Gasteiger partial charge on any atom is 0.226 e. The summed E-state index contributed by atoms with van der Waals surface area (Å²) in [5.74, 6) is 0.257. The summed E-state index contributed by atoms with van der Waals surface area (Å²) < 4.78 is 0. The van der Waals surface area contributed by atoms with Gasteiger partial charge in [-0.05, 0) is 12.8 Å². The first-order valence-electron chi connectivity index (χ1n) is 4.21. The van der Waals surface area contributed by atoms with Crippen LogP contribution in [0.4, 0.5) is 0 Å². The molecular formula is C9H15NO. The van der Waals surface area contributed by atoms with Crippen LogP contribution in [0.5, 0.6) is 0 Å². The number of amides is 1. The third-order valence-corrected chi connectivity index (χ3v) is 2.07. The predicted molar refractivity (Wildman–Crippen MR) is 45.0 cm³/mol. The number of carbonyl (C=O) groups excluding carboxylic acids is 1. The fraction of sp³-hybridized carbons (Fsp3) is 0.667. The van der Waals surface area contributed by atoms with Gasteiger partial charge in [0.25, 0.3) is 0 Å². The second-order valence-electron chi connectivity index (χ2n) is 2.94. The van der Waals surface area contributed by atoms with E-state index in [9.17, 15) is 4.79 Å². The van der Waals surface area contributed by atoms with Crippen molar-refractivity contribution < 1.29 is 4.79 Å². The minimum Gasteiger partial charge on any atom is -0.320 e. The number of hydrogen-bond acceptors (Lipinski definition) is 1. The summed E-state index contributed by atoms with van der Waals surface area (Å²) in [6.45, 7) is 2.15. The summed E-state index contributed by atoms with van der Waals surface area (Å²) in [6, 6.07) is 0. The molecule has 0 unspecified atom stereocenters. The van der Waals surface area contributed by atoms with E-state index in [0.717, 1.165) is 19.3 Å². The lowest BCUT2D eigenvalue weighted by Crippen LogP contribution is -2.16. The van der Waals surface area contributed by atoms with Gasteiger partial charge in [0.15, 0.2) is 0 Å². The van der Waals surface area contributed by atoms with Gasteiger partial charge in [-0.15, -0.1) is 0 Å². The summed E-state index contributed by atoms with van der Waals surface area (Å²) in [7, 11) is 1.86. The standard InChI is InChI=1S/C9H15NO/c1-3-4-5-8-6-7-9(11)10(8)2/h5H,3-4,6-7H2,1-2H3/b8-5+. The van der Waals surface area contributed by atoms with Crippen LogP contribution in [0, 0.1) is 0 Å². The van der Waals surface area contributed by atoms with E-state index in [4.69, 9.17) is 0 Å². The highest BCUT2D eigenvalue weighted by Crippen LogP contribution is 2.20. The van der Waals surface area contributed by atoms with Crippen LogP contribution >= 0.6 is 0 Å². The van der Waals surface area contributed by atoms with Crippen LogP contribution in [0.1, 0.15) is 32.6 Å². The van der Waals surface area contributed by atoms with Crippen LogP contribution < -0.4 is 0 Å². The van der Waals surface area contributed by atoms with E-state index < -0.39 is 0 Å². The van der Waals surface area contributed by atoms with E-state index in [1.54, 1.807) is 4.90 Å². The Morgan fingerprint density at radius 3 is 2.73 bits per heavy atom. The molecule has 1 amide bonds. The Balaban J connectivity index is 2.54. The second-order valence-corrected chi connectivity index (χ2v) is 2.94. The third kappa shape index (κ3) is 1.82. The van der Waals surface area contributed by atoms with E-state index >= 15 is 0 Å². The molecule has 0 atom stereocenters. The fourth-order valence-electron chi connectivity index (χ4n) is 1.28. The fourth-order valence-corrected chi connectivity index (χ4v) is 1.28. The first-order chi connectivity index (χ1) is 5.25. The first-order valence-corrected chi connectivity index (χ1v) is 4.21. The van der Waals surface area contributed by atoms with Crippen LogP contribution in [0.25, 0.3) is 0 Å². The van der Waals surface area contributed by atoms with Gasteiger partial charge < -0.3 is 4.90 Å². The zero-order valence-electron chi connectivity index (χ0n) is 7.26. The monoisotopic (exact) mass is 153 g/mol. The molecule has 11 heavy (non-hydrogen) atoms. The van der Waals surface area contributed by atoms with Crippen LogP contribution in [0.15, 0.2) is 11.8 Å². The van der Waals surface area contributed by atoms with E-state index in [1.165, 1.54) is 5.70 Å². The predicted octanol–water partition coefficient (Wildman–Crippen LogP) is 1.92. The molecule has 1 heterocycles. The molecule has 2 heteroatoms. The van der Waals surface area contributed by atoms with Gasteiger partial charge in [0.2, 0.25) is 5.91 Å². The van der Waals surface area contributed by atoms with Crippen LogP contribution in [-0.4, -0.2) is 17.9 Å². The molecule has 62 valence electrons. The van der Waals surface area contributed by atoms with Gasteiger partial charge in [-0.2, -0.15) is 0 Å². The Morgan fingerprint density at radius 1 is 1.55 bits per heavy atom. The minimum absolute atomic E-state index is 0.257. The quantitative estimate of drug-likeness (QED) is 0.593. The van der Waals surface area contributed by atoms with E-state index in [0.29, 0.717) is 6.42 Å². The summed E-state index contributed by atoms with van der Waals surface area (Å²) in [5.41, 5.74) is 1.21. The van der Waals surface area contributed by atoms with Crippen molar-refractivity contribution >= 4 is 5.91 Å². The molecular weight excluding hydrogens is 138 g/mol. The molecule has 1 rings (SSSR count). The maximum atomic E-state index is 11.0. The van der Waals surface area contributed by atoms with Crippen molar-refractivity contribution in [2.45, 2.75) is 32.6 Å². The molecule has 0 aromatic rings. The topological polar surface area (TPSA) is 20.3 Å². The number of rotatable bonds is 2. The lowest BCUT2D eigenvalue weighted by atomic mass is 10.2. The smallest absolute Gasteiger partial charge is 0.226 e. The molecule has 2 nitrogen and oxygen atoms in total. The highest BCUT2D eigenvalue weighted by Gasteiger charge is 2.20. The number of likely N-dealkylation sites (tertiary alicyclic amines) is 1. The molecule has 0 aromatic heterocycles. The number of allylic oxidation sites excluding steroid dienone is 2. The van der Waals surface area contributed by atoms with Crippen molar-refractivity contribution in [2.24, 2.45) is 0 Å². The number of unbranched alkanes of at least 4 members (excludes halogenated alkanes) is 1. The normalized spacial score (nSPS) is 21.8. The largest absolute Gasteiger partial charge is 0.320 e. The molecule has 0 radical (unpaired) electrons. The summed E-state index contributed by atoms with van der Waals surface area (Å²) in [4.78, 5) is 12.8. The highest BCUT2D eigenvalue weighted by molar-refractivity contribution is 5.80. The first kappa shape index (κ1) is 8.31. The molecule has 1 fully saturated rings. The summed E-state index contributed by atoms with van der Waals surface area (Å²) in [5, 5.41) is 0. The van der Waals surface area contributed by atoms with E-state index in [1.807, 2.05) is 7.05 Å². The van der Waals surface area contributed by atoms with Gasteiger partial charge >= 0.3 is 0 Å². The van der Waals surface area contributed by atoms with Crippen molar-refractivity contribution in [3.05, 3.63) is 11.8 Å². The van der Waals surface area contributed by atoms with Crippen molar-refractivity contribution in [1.29, 1.82) is 0 Å². The van der Waals surface area contributed by atoms with Gasteiger partial charge in [0.05, 0.1) is 0 Å². The summed E-state index contributed by atoms with van der Waals surface area (Å²) in [6.07, 6.45) is 6.06. The van der Waals surface area contributed by atoms with Gasteiger partial charge in [-0.25, -0.2) is 0 Å². The van der Waals surface area contributed by atoms with Gasteiger partial charge in [-0.1, -0.05) is 19.4 Å². The molecule has 1 aliphatic heterocycles. The Hall–Kier alpha value is -0.790. The van der Waals surface area contributed by atoms with Crippen LogP contribution in [-0.2, 0) is 4.79 Å². The van der Waals surface area contributed by atoms with Crippen LogP contribution in [0.2, 0.25) is 0 Å². The van der Waals surface area contributed by atoms with Gasteiger partial charge in [0, 0.05) is 19.2 Å². The van der Waals surface area contributed by atoms with Crippen molar-refractivity contribution in [2.75, 3.05) is 7.05 Å². The Morgan fingerprint density at radius 2 is 2.27 bits per heavy atom. The second kappa shape index (κ2) is 3.56. The van der Waals surface area contributed by atoms with Crippen molar-refractivity contribution in [1.82, 2.24) is 4.90 Å². The summed E-state index contributed by atoms with van der Waals surface area (Å²) >= 11 is 0. The lowest BCUT2D eigenvalue weighted by molar-refractivity contribution is -0.125. The Labute approximate surface area is 67.9 Å². The van der Waals surface area contributed by atoms with Gasteiger partial charge in [0.1, 0.15) is 0 Å². The van der Waals surface area contributed by atoms with Crippen molar-refractivity contribution in [3.63, 3.8) is 0 Å². The molecule has 1 aliphatic rings. The molecule has 1 saturated heterocycles. The zero-order valence-corrected chi connectivity index (χ0v) is 7.26. The molecule has 0 spiro atoms. The number of hydrogen-bond donors (Lipinski definition) is 0. The number of carbonyl (C=O) groups is 1. The zero-order chi connectivity index (χ0) is 8.27.